The monoisotopic (exact) mass is 319 g/mol. The number of amides is 1. The van der Waals surface area contributed by atoms with Crippen molar-refractivity contribution in [1.29, 1.82) is 0 Å². The van der Waals surface area contributed by atoms with E-state index in [0.29, 0.717) is 19.5 Å². The van der Waals surface area contributed by atoms with Gasteiger partial charge in [0.2, 0.25) is 0 Å². The van der Waals surface area contributed by atoms with Gasteiger partial charge in [-0.2, -0.15) is 0 Å². The lowest BCUT2D eigenvalue weighted by Gasteiger charge is -2.28. The smallest absolute Gasteiger partial charge is 0.410 e. The van der Waals surface area contributed by atoms with Crippen LogP contribution in [0.25, 0.3) is 0 Å². The molecule has 1 aromatic carbocycles. The first-order valence-corrected chi connectivity index (χ1v) is 8.04. The van der Waals surface area contributed by atoms with Gasteiger partial charge in [-0.3, -0.25) is 4.79 Å². The van der Waals surface area contributed by atoms with E-state index < -0.39 is 11.0 Å². The molecule has 0 atom stereocenters. The van der Waals surface area contributed by atoms with Gasteiger partial charge in [-0.25, -0.2) is 4.79 Å². The lowest BCUT2D eigenvalue weighted by atomic mass is 9.89. The number of ketones is 1. The molecule has 0 heterocycles. The summed E-state index contributed by atoms with van der Waals surface area (Å²) >= 11 is 0. The molecule has 0 aliphatic carbocycles. The third-order valence-electron chi connectivity index (χ3n) is 3.31. The molecule has 0 bridgehead atoms. The number of carbonyl (C=O) groups is 2. The second-order valence-electron chi connectivity index (χ2n) is 7.81. The highest BCUT2D eigenvalue weighted by molar-refractivity contribution is 5.84. The van der Waals surface area contributed by atoms with Crippen LogP contribution in [0.15, 0.2) is 30.3 Å². The van der Waals surface area contributed by atoms with Gasteiger partial charge in [-0.05, 0) is 26.3 Å². The molecule has 0 unspecified atom stereocenters. The molecule has 4 nitrogen and oxygen atoms in total. The number of nitrogens with zero attached hydrogens (tertiary/aromatic N) is 1. The summed E-state index contributed by atoms with van der Waals surface area (Å²) in [6, 6.07) is 9.72. The van der Waals surface area contributed by atoms with Gasteiger partial charge in [0, 0.05) is 24.9 Å². The van der Waals surface area contributed by atoms with Crippen molar-refractivity contribution in [2.24, 2.45) is 5.41 Å². The number of hydrogen-bond donors (Lipinski definition) is 0. The van der Waals surface area contributed by atoms with E-state index in [1.54, 1.807) is 4.90 Å². The summed E-state index contributed by atoms with van der Waals surface area (Å²) in [6.45, 7) is 12.0. The van der Waals surface area contributed by atoms with Gasteiger partial charge < -0.3 is 9.64 Å². The number of carbonyl (C=O) groups excluding carboxylic acids is 2. The Morgan fingerprint density at radius 3 is 2.04 bits per heavy atom. The van der Waals surface area contributed by atoms with Crippen LogP contribution < -0.4 is 0 Å². The Balaban J connectivity index is 2.80. The van der Waals surface area contributed by atoms with Crippen LogP contribution in [0.3, 0.4) is 0 Å². The zero-order valence-corrected chi connectivity index (χ0v) is 15.2. The molecule has 0 N–H and O–H groups in total. The topological polar surface area (TPSA) is 46.6 Å². The molecule has 0 spiro atoms. The van der Waals surface area contributed by atoms with Crippen LogP contribution in [0.1, 0.15) is 53.5 Å². The molecule has 128 valence electrons. The number of benzene rings is 1. The van der Waals surface area contributed by atoms with Crippen molar-refractivity contribution in [1.82, 2.24) is 4.90 Å². The van der Waals surface area contributed by atoms with E-state index in [0.717, 1.165) is 5.56 Å². The summed E-state index contributed by atoms with van der Waals surface area (Å²) in [5.41, 5.74) is 0.0634. The largest absolute Gasteiger partial charge is 0.444 e. The quantitative estimate of drug-likeness (QED) is 0.806. The van der Waals surface area contributed by atoms with E-state index in [1.165, 1.54) is 0 Å². The maximum absolute atomic E-state index is 12.4. The minimum absolute atomic E-state index is 0.138. The van der Waals surface area contributed by atoms with Gasteiger partial charge in [-0.15, -0.1) is 0 Å². The van der Waals surface area contributed by atoms with Gasteiger partial charge in [0.25, 0.3) is 0 Å². The predicted octanol–water partition coefficient (Wildman–Crippen LogP) is 4.43. The zero-order chi connectivity index (χ0) is 17.7. The molecular formula is C19H29NO3. The van der Waals surface area contributed by atoms with Gasteiger partial charge >= 0.3 is 6.09 Å². The average molecular weight is 319 g/mol. The first-order chi connectivity index (χ1) is 10.5. The molecule has 0 saturated heterocycles. The Morgan fingerprint density at radius 2 is 1.57 bits per heavy atom. The lowest BCUT2D eigenvalue weighted by Crippen LogP contribution is -2.38. The van der Waals surface area contributed by atoms with E-state index in [2.05, 4.69) is 0 Å². The molecule has 0 aliphatic rings. The van der Waals surface area contributed by atoms with Crippen LogP contribution in [0.2, 0.25) is 0 Å². The fourth-order valence-electron chi connectivity index (χ4n) is 1.98. The molecule has 0 fully saturated rings. The molecule has 4 heteroatoms. The SMILES string of the molecule is CC(C)(C)OC(=O)N(CCC(=O)C(C)(C)C)Cc1ccccc1. The fraction of sp³-hybridized carbons (Fsp3) is 0.579. The fourth-order valence-corrected chi connectivity index (χ4v) is 1.98. The van der Waals surface area contributed by atoms with E-state index in [4.69, 9.17) is 4.74 Å². The molecular weight excluding hydrogens is 290 g/mol. The second kappa shape index (κ2) is 7.62. The highest BCUT2D eigenvalue weighted by atomic mass is 16.6. The zero-order valence-electron chi connectivity index (χ0n) is 15.2. The van der Waals surface area contributed by atoms with Gasteiger partial charge in [-0.1, -0.05) is 51.1 Å². The van der Waals surface area contributed by atoms with Crippen molar-refractivity contribution in [2.45, 2.75) is 60.1 Å². The summed E-state index contributed by atoms with van der Waals surface area (Å²) in [6.07, 6.45) is -0.0571. The van der Waals surface area contributed by atoms with Crippen molar-refractivity contribution in [3.05, 3.63) is 35.9 Å². The van der Waals surface area contributed by atoms with Crippen molar-refractivity contribution in [3.63, 3.8) is 0 Å². The Morgan fingerprint density at radius 1 is 1.00 bits per heavy atom. The predicted molar refractivity (Wildman–Crippen MR) is 92.2 cm³/mol. The lowest BCUT2D eigenvalue weighted by molar-refractivity contribution is -0.126. The van der Waals surface area contributed by atoms with Gasteiger partial charge in [0.05, 0.1) is 0 Å². The van der Waals surface area contributed by atoms with E-state index in [9.17, 15) is 9.59 Å². The van der Waals surface area contributed by atoms with Crippen LogP contribution >= 0.6 is 0 Å². The van der Waals surface area contributed by atoms with Crippen molar-refractivity contribution < 1.29 is 14.3 Å². The highest BCUT2D eigenvalue weighted by Gasteiger charge is 2.25. The summed E-state index contributed by atoms with van der Waals surface area (Å²) < 4.78 is 5.47. The third kappa shape index (κ3) is 7.31. The molecule has 1 aromatic rings. The third-order valence-corrected chi connectivity index (χ3v) is 3.31. The number of Topliss-reactive ketones (excluding diaryl/α,β-unsaturated/α-hetero) is 1. The molecule has 0 aliphatic heterocycles. The molecule has 0 radical (unpaired) electrons. The Labute approximate surface area is 139 Å². The molecule has 23 heavy (non-hydrogen) atoms. The standard InChI is InChI=1S/C19H29NO3/c1-18(2,3)16(21)12-13-20(17(22)23-19(4,5)6)14-15-10-8-7-9-11-15/h7-11H,12-14H2,1-6H3. The van der Waals surface area contributed by atoms with Crippen LogP contribution in [0.4, 0.5) is 4.79 Å². The molecule has 0 aromatic heterocycles. The van der Waals surface area contributed by atoms with Crippen LogP contribution in [-0.4, -0.2) is 28.9 Å². The summed E-state index contributed by atoms with van der Waals surface area (Å²) in [7, 11) is 0. The minimum atomic E-state index is -0.555. The summed E-state index contributed by atoms with van der Waals surface area (Å²) in [4.78, 5) is 26.2. The Hall–Kier alpha value is -1.84. The first-order valence-electron chi connectivity index (χ1n) is 8.04. The van der Waals surface area contributed by atoms with Crippen molar-refractivity contribution in [3.8, 4) is 0 Å². The maximum Gasteiger partial charge on any atom is 0.410 e. The normalized spacial score (nSPS) is 11.9. The first kappa shape index (κ1) is 19.2. The van der Waals surface area contributed by atoms with E-state index >= 15 is 0 Å². The van der Waals surface area contributed by atoms with Crippen LogP contribution in [-0.2, 0) is 16.1 Å². The Kier molecular flexibility index (Phi) is 6.37. The van der Waals surface area contributed by atoms with E-state index in [-0.39, 0.29) is 11.9 Å². The van der Waals surface area contributed by atoms with E-state index in [1.807, 2.05) is 71.9 Å². The number of rotatable bonds is 5. The maximum atomic E-state index is 12.4. The second-order valence-corrected chi connectivity index (χ2v) is 7.81. The minimum Gasteiger partial charge on any atom is -0.444 e. The van der Waals surface area contributed by atoms with Crippen LogP contribution in [0, 0.1) is 5.41 Å². The van der Waals surface area contributed by atoms with Gasteiger partial charge in [0.1, 0.15) is 11.4 Å². The summed E-state index contributed by atoms with van der Waals surface area (Å²) in [5, 5.41) is 0. The van der Waals surface area contributed by atoms with Gasteiger partial charge in [0.15, 0.2) is 0 Å². The summed E-state index contributed by atoms with van der Waals surface area (Å²) in [5.74, 6) is 0.138. The Bertz CT molecular complexity index is 524. The number of ether oxygens (including phenoxy) is 1. The molecule has 0 saturated carbocycles. The average Bonchev–Trinajstić information content (AvgIpc) is 2.41. The van der Waals surface area contributed by atoms with Crippen molar-refractivity contribution >= 4 is 11.9 Å². The molecule has 1 amide bonds. The van der Waals surface area contributed by atoms with Crippen molar-refractivity contribution in [2.75, 3.05) is 6.54 Å². The number of hydrogen-bond acceptors (Lipinski definition) is 3. The van der Waals surface area contributed by atoms with Crippen LogP contribution in [0.5, 0.6) is 0 Å². The molecule has 1 rings (SSSR count). The highest BCUT2D eigenvalue weighted by Crippen LogP contribution is 2.18.